The lowest BCUT2D eigenvalue weighted by Crippen LogP contribution is -2.37. The zero-order valence-electron chi connectivity index (χ0n) is 15.7. The summed E-state index contributed by atoms with van der Waals surface area (Å²) in [7, 11) is -4.12. The maximum absolute atomic E-state index is 12.4. The van der Waals surface area contributed by atoms with Gasteiger partial charge < -0.3 is 11.1 Å². The Kier molecular flexibility index (Phi) is 5.55. The standard InChI is InChI=1S/C19H26N4O3S/c1-12(2)21-10-9-17(20)27(25,26)23-19(24)22-18-15-7-3-5-13(15)11-14-6-4-8-16(14)18/h9-12H,3-8,20H2,1-2H3,(H2,22,23,24). The second kappa shape index (κ2) is 7.72. The molecule has 2 amide bonds. The molecule has 0 aromatic heterocycles. The number of hydrogen-bond donors (Lipinski definition) is 3. The van der Waals surface area contributed by atoms with Gasteiger partial charge in [0.05, 0.1) is 0 Å². The highest BCUT2D eigenvalue weighted by atomic mass is 32.2. The molecule has 1 aromatic carbocycles. The lowest BCUT2D eigenvalue weighted by Gasteiger charge is -2.16. The number of nitrogens with two attached hydrogens (primary N) is 1. The van der Waals surface area contributed by atoms with E-state index in [2.05, 4.69) is 16.4 Å². The Hall–Kier alpha value is -2.35. The van der Waals surface area contributed by atoms with Gasteiger partial charge in [0.1, 0.15) is 5.03 Å². The van der Waals surface area contributed by atoms with Gasteiger partial charge in [-0.15, -0.1) is 0 Å². The number of carbonyl (C=O) groups is 1. The second-order valence-electron chi connectivity index (χ2n) is 7.25. The average Bonchev–Trinajstić information content (AvgIpc) is 3.22. The zero-order chi connectivity index (χ0) is 19.6. The highest BCUT2D eigenvalue weighted by Crippen LogP contribution is 2.38. The predicted molar refractivity (Wildman–Crippen MR) is 107 cm³/mol. The Morgan fingerprint density at radius 2 is 1.74 bits per heavy atom. The van der Waals surface area contributed by atoms with Gasteiger partial charge in [-0.3, -0.25) is 4.99 Å². The largest absolute Gasteiger partial charge is 0.388 e. The molecule has 1 aromatic rings. The van der Waals surface area contributed by atoms with E-state index in [0.717, 1.165) is 55.3 Å². The number of carbonyl (C=O) groups excluding carboxylic acids is 1. The van der Waals surface area contributed by atoms with E-state index in [9.17, 15) is 13.2 Å². The van der Waals surface area contributed by atoms with Crippen molar-refractivity contribution in [3.05, 3.63) is 39.4 Å². The molecule has 0 saturated heterocycles. The molecule has 0 atom stereocenters. The molecule has 8 heteroatoms. The number of aryl methyl sites for hydroxylation is 2. The Bertz CT molecular complexity index is 885. The van der Waals surface area contributed by atoms with Crippen LogP contribution in [0.1, 0.15) is 48.9 Å². The third kappa shape index (κ3) is 4.32. The van der Waals surface area contributed by atoms with Crippen LogP contribution in [0.2, 0.25) is 0 Å². The van der Waals surface area contributed by atoms with E-state index in [1.165, 1.54) is 23.4 Å². The van der Waals surface area contributed by atoms with Crippen molar-refractivity contribution in [3.8, 4) is 0 Å². The van der Waals surface area contributed by atoms with Gasteiger partial charge in [-0.1, -0.05) is 6.07 Å². The van der Waals surface area contributed by atoms with E-state index >= 15 is 0 Å². The first-order valence-electron chi connectivity index (χ1n) is 9.27. The molecule has 3 rings (SSSR count). The van der Waals surface area contributed by atoms with Crippen molar-refractivity contribution in [1.29, 1.82) is 0 Å². The summed E-state index contributed by atoms with van der Waals surface area (Å²) in [5.41, 5.74) is 11.2. The normalized spacial score (nSPS) is 16.6. The topological polar surface area (TPSA) is 114 Å². The molecule has 0 heterocycles. The number of hydrogen-bond acceptors (Lipinski definition) is 5. The van der Waals surface area contributed by atoms with Crippen LogP contribution in [0.3, 0.4) is 0 Å². The lowest BCUT2D eigenvalue weighted by atomic mass is 9.99. The number of nitrogens with zero attached hydrogens (tertiary/aromatic N) is 1. The number of amides is 2. The fourth-order valence-corrected chi connectivity index (χ4v) is 4.32. The number of anilines is 1. The molecule has 0 unspecified atom stereocenters. The average molecular weight is 391 g/mol. The van der Waals surface area contributed by atoms with Gasteiger partial charge in [0, 0.05) is 17.9 Å². The van der Waals surface area contributed by atoms with Crippen LogP contribution in [-0.4, -0.2) is 26.7 Å². The van der Waals surface area contributed by atoms with Crippen molar-refractivity contribution in [2.75, 3.05) is 5.32 Å². The van der Waals surface area contributed by atoms with Gasteiger partial charge in [-0.05, 0) is 80.7 Å². The SMILES string of the molecule is CC(C)N=CC=C(N)S(=O)(=O)NC(=O)Nc1c2c(cc3c1CCC3)CCC2. The van der Waals surface area contributed by atoms with Crippen LogP contribution >= 0.6 is 0 Å². The minimum Gasteiger partial charge on any atom is -0.388 e. The van der Waals surface area contributed by atoms with E-state index in [4.69, 9.17) is 5.73 Å². The summed E-state index contributed by atoms with van der Waals surface area (Å²) in [6, 6.07) is 1.48. The maximum Gasteiger partial charge on any atom is 0.333 e. The van der Waals surface area contributed by atoms with Gasteiger partial charge in [0.25, 0.3) is 10.0 Å². The summed E-state index contributed by atoms with van der Waals surface area (Å²) in [6.45, 7) is 3.72. The molecule has 2 aliphatic carbocycles. The van der Waals surface area contributed by atoms with Crippen molar-refractivity contribution < 1.29 is 13.2 Å². The van der Waals surface area contributed by atoms with Crippen molar-refractivity contribution in [1.82, 2.24) is 4.72 Å². The maximum atomic E-state index is 12.4. The first-order valence-corrected chi connectivity index (χ1v) is 10.8. The molecule has 7 nitrogen and oxygen atoms in total. The third-order valence-corrected chi connectivity index (χ3v) is 6.08. The molecule has 0 aliphatic heterocycles. The molecule has 146 valence electrons. The summed E-state index contributed by atoms with van der Waals surface area (Å²) >= 11 is 0. The molecule has 0 radical (unpaired) electrons. The number of sulfonamides is 1. The Balaban J connectivity index is 1.77. The third-order valence-electron chi connectivity index (χ3n) is 4.87. The fourth-order valence-electron chi connectivity index (χ4n) is 3.67. The number of fused-ring (bicyclic) bond motifs is 2. The van der Waals surface area contributed by atoms with Crippen LogP contribution in [0.25, 0.3) is 0 Å². The molecule has 0 bridgehead atoms. The zero-order valence-corrected chi connectivity index (χ0v) is 16.5. The summed E-state index contributed by atoms with van der Waals surface area (Å²) < 4.78 is 26.5. The molecule has 0 saturated carbocycles. The molecule has 0 spiro atoms. The summed E-state index contributed by atoms with van der Waals surface area (Å²) in [5.74, 6) is 0. The fraction of sp³-hybridized carbons (Fsp3) is 0.474. The first kappa shape index (κ1) is 19.4. The Morgan fingerprint density at radius 3 is 2.30 bits per heavy atom. The molecule has 0 fully saturated rings. The van der Waals surface area contributed by atoms with Crippen LogP contribution < -0.4 is 15.8 Å². The molecule has 27 heavy (non-hydrogen) atoms. The van der Waals surface area contributed by atoms with Crippen LogP contribution in [-0.2, 0) is 35.7 Å². The number of allylic oxidation sites excluding steroid dienone is 1. The van der Waals surface area contributed by atoms with E-state index in [0.29, 0.717) is 0 Å². The van der Waals surface area contributed by atoms with Crippen molar-refractivity contribution in [2.45, 2.75) is 58.4 Å². The molecular formula is C19H26N4O3S. The molecule has 4 N–H and O–H groups in total. The Labute approximate surface area is 160 Å². The van der Waals surface area contributed by atoms with E-state index in [-0.39, 0.29) is 6.04 Å². The van der Waals surface area contributed by atoms with E-state index < -0.39 is 21.1 Å². The van der Waals surface area contributed by atoms with Gasteiger partial charge in [-0.2, -0.15) is 8.42 Å². The number of nitrogens with one attached hydrogen (secondary N) is 2. The van der Waals surface area contributed by atoms with Crippen LogP contribution in [0.4, 0.5) is 10.5 Å². The number of urea groups is 1. The second-order valence-corrected chi connectivity index (χ2v) is 8.94. The van der Waals surface area contributed by atoms with Gasteiger partial charge >= 0.3 is 6.03 Å². The molecule has 2 aliphatic rings. The van der Waals surface area contributed by atoms with Crippen molar-refractivity contribution in [2.24, 2.45) is 10.7 Å². The van der Waals surface area contributed by atoms with Crippen LogP contribution in [0.15, 0.2) is 22.2 Å². The van der Waals surface area contributed by atoms with Crippen LogP contribution in [0.5, 0.6) is 0 Å². The van der Waals surface area contributed by atoms with Crippen molar-refractivity contribution >= 4 is 28.0 Å². The van der Waals surface area contributed by atoms with E-state index in [1.54, 1.807) is 0 Å². The highest BCUT2D eigenvalue weighted by Gasteiger charge is 2.26. The first-order chi connectivity index (χ1) is 12.8. The quantitative estimate of drug-likeness (QED) is 0.670. The molecular weight excluding hydrogens is 364 g/mol. The smallest absolute Gasteiger partial charge is 0.333 e. The van der Waals surface area contributed by atoms with Crippen molar-refractivity contribution in [3.63, 3.8) is 0 Å². The van der Waals surface area contributed by atoms with Gasteiger partial charge in [-0.25, -0.2) is 9.52 Å². The number of rotatable bonds is 5. The minimum absolute atomic E-state index is 0.0234. The summed E-state index contributed by atoms with van der Waals surface area (Å²) in [5, 5.41) is 2.33. The number of benzene rings is 1. The minimum atomic E-state index is -4.12. The van der Waals surface area contributed by atoms with Crippen LogP contribution in [0, 0.1) is 0 Å². The summed E-state index contributed by atoms with van der Waals surface area (Å²) in [4.78, 5) is 16.4. The lowest BCUT2D eigenvalue weighted by molar-refractivity contribution is 0.256. The van der Waals surface area contributed by atoms with E-state index in [1.807, 2.05) is 18.6 Å². The summed E-state index contributed by atoms with van der Waals surface area (Å²) in [6.07, 6.45) is 8.42. The van der Waals surface area contributed by atoms with Gasteiger partial charge in [0.2, 0.25) is 0 Å². The number of aliphatic imine (C=N–C) groups is 1. The predicted octanol–water partition coefficient (Wildman–Crippen LogP) is 2.39. The Morgan fingerprint density at radius 1 is 1.15 bits per heavy atom. The van der Waals surface area contributed by atoms with Gasteiger partial charge in [0.15, 0.2) is 0 Å². The highest BCUT2D eigenvalue weighted by molar-refractivity contribution is 7.93. The monoisotopic (exact) mass is 390 g/mol.